The van der Waals surface area contributed by atoms with E-state index in [1.165, 1.54) is 18.5 Å². The minimum absolute atomic E-state index is 0.314. The molecular formula is C18H16F2N4O4. The van der Waals surface area contributed by atoms with Crippen LogP contribution in [0.3, 0.4) is 0 Å². The summed E-state index contributed by atoms with van der Waals surface area (Å²) in [5.41, 5.74) is 1.85. The lowest BCUT2D eigenvalue weighted by Crippen LogP contribution is -2.03. The molecule has 1 aromatic heterocycles. The second kappa shape index (κ2) is 9.76. The van der Waals surface area contributed by atoms with Gasteiger partial charge in [-0.05, 0) is 41.5 Å². The molecule has 0 aliphatic rings. The molecule has 0 aliphatic carbocycles. The van der Waals surface area contributed by atoms with E-state index in [9.17, 15) is 8.78 Å². The second-order valence-electron chi connectivity index (χ2n) is 5.40. The van der Waals surface area contributed by atoms with Crippen LogP contribution in [0.2, 0.25) is 0 Å². The van der Waals surface area contributed by atoms with Crippen LogP contribution in [0.15, 0.2) is 55.1 Å². The number of aromatic nitrogens is 3. The van der Waals surface area contributed by atoms with Crippen LogP contribution < -0.4 is 4.74 Å². The predicted molar refractivity (Wildman–Crippen MR) is 96.0 cm³/mol. The fourth-order valence-electron chi connectivity index (χ4n) is 2.35. The summed E-state index contributed by atoms with van der Waals surface area (Å²) in [6, 6.07) is 10.9. The maximum absolute atomic E-state index is 14.2. The standard InChI is InChI=1S/C18H15F2N3O.HNO3/c1-24-16-5-2-13(3-6-16)8-14(10-23-12-21-11-22-23)17-7-4-15(19)9-18(17)20;2-1(3)4/h2-9,11-12H,10H2,1H3;(H,2,3,4). The summed E-state index contributed by atoms with van der Waals surface area (Å²) in [5, 5.41) is 17.7. The number of methoxy groups -OCH3 is 1. The van der Waals surface area contributed by atoms with Gasteiger partial charge in [-0.3, -0.25) is 0 Å². The van der Waals surface area contributed by atoms with Gasteiger partial charge in [-0.25, -0.2) is 18.4 Å². The zero-order chi connectivity index (χ0) is 20.5. The largest absolute Gasteiger partial charge is 0.497 e. The zero-order valence-corrected chi connectivity index (χ0v) is 14.7. The average Bonchev–Trinajstić information content (AvgIpc) is 3.14. The highest BCUT2D eigenvalue weighted by molar-refractivity contribution is 5.81. The topological polar surface area (TPSA) is 103 Å². The molecule has 0 spiro atoms. The van der Waals surface area contributed by atoms with E-state index >= 15 is 0 Å². The molecule has 146 valence electrons. The van der Waals surface area contributed by atoms with Crippen molar-refractivity contribution < 1.29 is 23.8 Å². The van der Waals surface area contributed by atoms with Crippen molar-refractivity contribution in [3.8, 4) is 5.75 Å². The number of halogens is 2. The Morgan fingerprint density at radius 2 is 1.96 bits per heavy atom. The van der Waals surface area contributed by atoms with Crippen molar-refractivity contribution in [3.63, 3.8) is 0 Å². The highest BCUT2D eigenvalue weighted by Gasteiger charge is 2.11. The van der Waals surface area contributed by atoms with Crippen LogP contribution in [0.25, 0.3) is 11.6 Å². The van der Waals surface area contributed by atoms with Gasteiger partial charge >= 0.3 is 0 Å². The van der Waals surface area contributed by atoms with Gasteiger partial charge in [0, 0.05) is 11.6 Å². The number of rotatable bonds is 5. The molecule has 10 heteroatoms. The first kappa shape index (κ1) is 20.5. The minimum Gasteiger partial charge on any atom is -0.497 e. The van der Waals surface area contributed by atoms with Gasteiger partial charge in [0.05, 0.1) is 13.7 Å². The first-order valence-corrected chi connectivity index (χ1v) is 7.84. The Hall–Kier alpha value is -3.82. The number of nitrogens with zero attached hydrogens (tertiary/aromatic N) is 4. The van der Waals surface area contributed by atoms with E-state index < -0.39 is 16.7 Å². The Morgan fingerprint density at radius 1 is 1.29 bits per heavy atom. The highest BCUT2D eigenvalue weighted by Crippen LogP contribution is 2.24. The van der Waals surface area contributed by atoms with Crippen molar-refractivity contribution in [3.05, 3.63) is 88.0 Å². The van der Waals surface area contributed by atoms with Gasteiger partial charge in [0.25, 0.3) is 5.09 Å². The molecule has 0 saturated heterocycles. The molecule has 8 nitrogen and oxygen atoms in total. The van der Waals surface area contributed by atoms with Crippen LogP contribution in [0, 0.1) is 21.7 Å². The van der Waals surface area contributed by atoms with Crippen LogP contribution in [-0.2, 0) is 6.54 Å². The summed E-state index contributed by atoms with van der Waals surface area (Å²) in [5.74, 6) is -0.492. The van der Waals surface area contributed by atoms with Crippen molar-refractivity contribution in [2.75, 3.05) is 7.11 Å². The molecule has 0 aliphatic heterocycles. The Kier molecular flexibility index (Phi) is 7.14. The first-order valence-electron chi connectivity index (χ1n) is 7.84. The van der Waals surface area contributed by atoms with Crippen LogP contribution in [-0.4, -0.2) is 32.2 Å². The molecule has 0 radical (unpaired) electrons. The van der Waals surface area contributed by atoms with Gasteiger partial charge in [0.2, 0.25) is 0 Å². The number of benzene rings is 2. The molecule has 3 rings (SSSR count). The third-order valence-corrected chi connectivity index (χ3v) is 3.53. The van der Waals surface area contributed by atoms with E-state index in [4.69, 9.17) is 20.1 Å². The number of hydrogen-bond donors (Lipinski definition) is 1. The molecule has 0 saturated carbocycles. The molecule has 0 bridgehead atoms. The van der Waals surface area contributed by atoms with E-state index in [0.717, 1.165) is 17.4 Å². The van der Waals surface area contributed by atoms with Gasteiger partial charge in [0.15, 0.2) is 0 Å². The molecule has 2 aromatic carbocycles. The number of ether oxygens (including phenoxy) is 1. The molecule has 0 unspecified atom stereocenters. The van der Waals surface area contributed by atoms with E-state index in [0.29, 0.717) is 17.7 Å². The molecule has 0 fully saturated rings. The average molecular weight is 390 g/mol. The lowest BCUT2D eigenvalue weighted by atomic mass is 10.0. The van der Waals surface area contributed by atoms with E-state index in [1.54, 1.807) is 18.1 Å². The molecule has 0 amide bonds. The van der Waals surface area contributed by atoms with Crippen LogP contribution >= 0.6 is 0 Å². The first-order chi connectivity index (χ1) is 13.4. The molecule has 1 heterocycles. The molecule has 3 aromatic rings. The molecule has 1 N–H and O–H groups in total. The van der Waals surface area contributed by atoms with Gasteiger partial charge < -0.3 is 9.94 Å². The summed E-state index contributed by atoms with van der Waals surface area (Å²) in [6.07, 6.45) is 4.78. The maximum Gasteiger partial charge on any atom is 0.291 e. The van der Waals surface area contributed by atoms with Crippen LogP contribution in [0.4, 0.5) is 8.78 Å². The van der Waals surface area contributed by atoms with E-state index in [2.05, 4.69) is 10.1 Å². The van der Waals surface area contributed by atoms with Crippen molar-refractivity contribution in [1.29, 1.82) is 0 Å². The van der Waals surface area contributed by atoms with Crippen LogP contribution in [0.1, 0.15) is 11.1 Å². The Morgan fingerprint density at radius 3 is 2.50 bits per heavy atom. The summed E-state index contributed by atoms with van der Waals surface area (Å²) >= 11 is 0. The molecular weight excluding hydrogens is 374 g/mol. The predicted octanol–water partition coefficient (Wildman–Crippen LogP) is 3.46. The Balaban J connectivity index is 0.000000640. The van der Waals surface area contributed by atoms with Gasteiger partial charge in [-0.2, -0.15) is 5.10 Å². The summed E-state index contributed by atoms with van der Waals surface area (Å²) in [7, 11) is 1.59. The highest BCUT2D eigenvalue weighted by atomic mass is 19.1. The fourth-order valence-corrected chi connectivity index (χ4v) is 2.35. The number of allylic oxidation sites excluding steroid dienone is 1. The SMILES string of the molecule is COc1ccc(C=C(Cn2cncn2)c2ccc(F)cc2F)cc1.O=[N+]([O-])O. The van der Waals surface area contributed by atoms with Crippen LogP contribution in [0.5, 0.6) is 5.75 Å². The quantitative estimate of drug-likeness (QED) is 0.407. The number of hydrogen-bond acceptors (Lipinski definition) is 5. The van der Waals surface area contributed by atoms with Crippen molar-refractivity contribution in [1.82, 2.24) is 14.8 Å². The smallest absolute Gasteiger partial charge is 0.291 e. The molecule has 28 heavy (non-hydrogen) atoms. The van der Waals surface area contributed by atoms with Gasteiger partial charge in [-0.1, -0.05) is 12.1 Å². The van der Waals surface area contributed by atoms with Gasteiger partial charge in [0.1, 0.15) is 30.0 Å². The maximum atomic E-state index is 14.2. The monoisotopic (exact) mass is 390 g/mol. The van der Waals surface area contributed by atoms with Crippen molar-refractivity contribution in [2.24, 2.45) is 0 Å². The van der Waals surface area contributed by atoms with E-state index in [1.807, 2.05) is 30.3 Å². The third kappa shape index (κ3) is 6.16. The molecule has 0 atom stereocenters. The van der Waals surface area contributed by atoms with E-state index in [-0.39, 0.29) is 0 Å². The lowest BCUT2D eigenvalue weighted by molar-refractivity contribution is -0.742. The Labute approximate surface area is 158 Å². The zero-order valence-electron chi connectivity index (χ0n) is 14.7. The fraction of sp³-hybridized carbons (Fsp3) is 0.111. The minimum atomic E-state index is -1.50. The Bertz CT molecular complexity index is 941. The summed E-state index contributed by atoms with van der Waals surface area (Å²) < 4.78 is 34.1. The lowest BCUT2D eigenvalue weighted by Gasteiger charge is -2.10. The summed E-state index contributed by atoms with van der Waals surface area (Å²) in [6.45, 7) is 0.314. The normalized spacial score (nSPS) is 10.8. The van der Waals surface area contributed by atoms with Crippen molar-refractivity contribution >= 4 is 11.6 Å². The summed E-state index contributed by atoms with van der Waals surface area (Å²) in [4.78, 5) is 12.3. The third-order valence-electron chi connectivity index (χ3n) is 3.53. The van der Waals surface area contributed by atoms with Gasteiger partial charge in [-0.15, -0.1) is 10.1 Å². The second-order valence-corrected chi connectivity index (χ2v) is 5.40. The van der Waals surface area contributed by atoms with Crippen molar-refractivity contribution in [2.45, 2.75) is 6.54 Å².